The van der Waals surface area contributed by atoms with E-state index < -0.39 is 0 Å². The zero-order valence-electron chi connectivity index (χ0n) is 21.2. The van der Waals surface area contributed by atoms with E-state index in [9.17, 15) is 4.79 Å². The van der Waals surface area contributed by atoms with Gasteiger partial charge in [-0.15, -0.1) is 0 Å². The van der Waals surface area contributed by atoms with E-state index in [0.717, 1.165) is 29.3 Å². The molecule has 32 heavy (non-hydrogen) atoms. The molecule has 0 spiro atoms. The first-order valence-electron chi connectivity index (χ1n) is 11.5. The number of nitrogens with zero attached hydrogens (tertiary/aromatic N) is 4. The topological polar surface area (TPSA) is 49.3 Å². The maximum atomic E-state index is 13.1. The molecule has 1 aliphatic rings. The largest absolute Gasteiger partial charge is 0.453 e. The van der Waals surface area contributed by atoms with Gasteiger partial charge in [-0.3, -0.25) is 21.8 Å². The third kappa shape index (κ3) is 8.57. The number of carbonyl (C=O) groups is 1. The standard InChI is InChI=1S/C22H28N4O.2C2H6.Y/c1-15-12-19-8-6-7-9-21(19)26(22(27)17(15)3)14-25(5)11-10-20-13-16(2)23-18(4)24-20;2*1-2;/h6-10,13,15,17H,5,11-12,14H2,1-4H3;2*1-2H3;/q-2;;;. The Kier molecular flexibility index (Phi) is 14.9. The van der Waals surface area contributed by atoms with Gasteiger partial charge in [-0.25, -0.2) is 0 Å². The molecule has 0 fully saturated rings. The normalized spacial score (nSPS) is 17.1. The molecular formula is C26H40N4OY-2. The number of carbonyl (C=O) groups excluding carboxylic acids is 1. The number of hydrogen-bond donors (Lipinski definition) is 0. The van der Waals surface area contributed by atoms with Crippen LogP contribution in [0.15, 0.2) is 30.3 Å². The van der Waals surface area contributed by atoms with Crippen molar-refractivity contribution < 1.29 is 37.5 Å². The molecule has 175 valence electrons. The summed E-state index contributed by atoms with van der Waals surface area (Å²) < 4.78 is 0. The van der Waals surface area contributed by atoms with Crippen LogP contribution in [0.4, 0.5) is 5.69 Å². The van der Waals surface area contributed by atoms with Gasteiger partial charge in [0, 0.05) is 44.3 Å². The van der Waals surface area contributed by atoms with E-state index in [-0.39, 0.29) is 44.5 Å². The summed E-state index contributed by atoms with van der Waals surface area (Å²) in [4.78, 5) is 25.6. The zero-order chi connectivity index (χ0) is 23.6. The van der Waals surface area contributed by atoms with Crippen LogP contribution in [0.5, 0.6) is 0 Å². The van der Waals surface area contributed by atoms with E-state index in [1.165, 1.54) is 5.56 Å². The van der Waals surface area contributed by atoms with Crippen LogP contribution in [-0.4, -0.2) is 34.0 Å². The number of amides is 1. The van der Waals surface area contributed by atoms with Gasteiger partial charge in [0.1, 0.15) is 5.82 Å². The van der Waals surface area contributed by atoms with E-state index in [4.69, 9.17) is 0 Å². The molecule has 1 aliphatic heterocycles. The van der Waals surface area contributed by atoms with Gasteiger partial charge in [-0.2, -0.15) is 12.5 Å². The summed E-state index contributed by atoms with van der Waals surface area (Å²) in [5.41, 5.74) is 4.06. The summed E-state index contributed by atoms with van der Waals surface area (Å²) in [6.45, 7) is 17.1. The molecule has 2 atom stereocenters. The van der Waals surface area contributed by atoms with E-state index in [2.05, 4.69) is 30.0 Å². The van der Waals surface area contributed by atoms with Crippen molar-refractivity contribution in [3.8, 4) is 0 Å². The Hall–Kier alpha value is -1.30. The monoisotopic (exact) mass is 513 g/mol. The fraction of sp³-hybridized carbons (Fsp3) is 0.500. The maximum absolute atomic E-state index is 13.1. The predicted molar refractivity (Wildman–Crippen MR) is 130 cm³/mol. The number of fused-ring (bicyclic) bond motifs is 1. The molecule has 1 amide bonds. The van der Waals surface area contributed by atoms with Crippen LogP contribution in [0.3, 0.4) is 0 Å². The molecule has 1 aromatic carbocycles. The second-order valence-corrected chi connectivity index (χ2v) is 7.55. The molecule has 1 radical (unpaired) electrons. The molecule has 3 rings (SSSR count). The molecule has 2 aromatic rings. The van der Waals surface area contributed by atoms with E-state index in [0.29, 0.717) is 19.1 Å². The van der Waals surface area contributed by atoms with Crippen molar-refractivity contribution in [2.45, 2.75) is 61.8 Å². The molecule has 0 bridgehead atoms. The quantitative estimate of drug-likeness (QED) is 0.488. The first-order chi connectivity index (χ1) is 14.8. The second kappa shape index (κ2) is 15.5. The van der Waals surface area contributed by atoms with Crippen molar-refractivity contribution in [3.63, 3.8) is 0 Å². The molecule has 0 saturated carbocycles. The summed E-state index contributed by atoms with van der Waals surface area (Å²) in [7, 11) is 4.14. The molecule has 1 aromatic heterocycles. The molecule has 6 heteroatoms. The van der Waals surface area contributed by atoms with Gasteiger partial charge in [0.05, 0.1) is 6.67 Å². The van der Waals surface area contributed by atoms with Crippen molar-refractivity contribution in [2.75, 3.05) is 18.1 Å². The molecule has 0 aliphatic carbocycles. The third-order valence-electron chi connectivity index (χ3n) is 5.22. The van der Waals surface area contributed by atoms with Gasteiger partial charge in [0.2, 0.25) is 5.91 Å². The first kappa shape index (κ1) is 30.7. The maximum Gasteiger partial charge on any atom is 0.231 e. The second-order valence-electron chi connectivity index (χ2n) is 7.55. The molecule has 0 saturated heterocycles. The Balaban J connectivity index is 0.00000182. The van der Waals surface area contributed by atoms with Crippen LogP contribution in [0, 0.1) is 39.2 Å². The van der Waals surface area contributed by atoms with Crippen LogP contribution < -0.4 is 4.90 Å². The number of benzene rings is 1. The van der Waals surface area contributed by atoms with E-state index in [1.807, 2.05) is 89.0 Å². The van der Waals surface area contributed by atoms with Crippen LogP contribution in [0.2, 0.25) is 0 Å². The Labute approximate surface area is 221 Å². The van der Waals surface area contributed by atoms with Gasteiger partial charge in [0.25, 0.3) is 0 Å². The number of rotatable bonds is 5. The van der Waals surface area contributed by atoms with Gasteiger partial charge in [0.15, 0.2) is 0 Å². The fourth-order valence-electron chi connectivity index (χ4n) is 3.55. The smallest absolute Gasteiger partial charge is 0.231 e. The summed E-state index contributed by atoms with van der Waals surface area (Å²) in [5, 5.41) is 0. The summed E-state index contributed by atoms with van der Waals surface area (Å²) in [5.74, 6) is 1.23. The molecule has 2 heterocycles. The van der Waals surface area contributed by atoms with Crippen molar-refractivity contribution in [3.05, 3.63) is 66.6 Å². The molecular weight excluding hydrogens is 473 g/mol. The molecule has 2 unspecified atom stereocenters. The van der Waals surface area contributed by atoms with Crippen LogP contribution in [0.1, 0.15) is 64.3 Å². The Bertz CT molecular complexity index is 807. The van der Waals surface area contributed by atoms with Crippen molar-refractivity contribution in [1.29, 1.82) is 0 Å². The van der Waals surface area contributed by atoms with Gasteiger partial charge in [-0.1, -0.05) is 72.0 Å². The third-order valence-corrected chi connectivity index (χ3v) is 5.22. The van der Waals surface area contributed by atoms with Gasteiger partial charge in [-0.05, 0) is 43.5 Å². The van der Waals surface area contributed by atoms with Crippen molar-refractivity contribution in [2.24, 2.45) is 11.8 Å². The summed E-state index contributed by atoms with van der Waals surface area (Å²) in [6.07, 6.45) is 2.94. The number of anilines is 1. The Morgan fingerprint density at radius 2 is 1.75 bits per heavy atom. The first-order valence-corrected chi connectivity index (χ1v) is 11.5. The van der Waals surface area contributed by atoms with Crippen LogP contribution in [-0.2, 0) is 43.9 Å². The SMILES string of the molecule is CC.CC.[CH2-]N(C[CH-]c1cc(C)nc(C)n1)CN1C(=O)C(C)C(C)Cc2ccccc21.[Y]. The summed E-state index contributed by atoms with van der Waals surface area (Å²) in [6, 6.07) is 10.1. The number of aromatic nitrogens is 2. The predicted octanol–water partition coefficient (Wildman–Crippen LogP) is 5.61. The fourth-order valence-corrected chi connectivity index (χ4v) is 3.55. The average molecular weight is 514 g/mol. The molecule has 5 nitrogen and oxygen atoms in total. The minimum absolute atomic E-state index is 0. The average Bonchev–Trinajstić information content (AvgIpc) is 2.85. The van der Waals surface area contributed by atoms with Gasteiger partial charge >= 0.3 is 0 Å². The number of para-hydroxylation sites is 1. The van der Waals surface area contributed by atoms with Crippen LogP contribution >= 0.6 is 0 Å². The zero-order valence-corrected chi connectivity index (χ0v) is 24.1. The minimum Gasteiger partial charge on any atom is -0.453 e. The van der Waals surface area contributed by atoms with E-state index in [1.54, 1.807) is 0 Å². The Morgan fingerprint density at radius 1 is 1.12 bits per heavy atom. The Morgan fingerprint density at radius 3 is 2.38 bits per heavy atom. The summed E-state index contributed by atoms with van der Waals surface area (Å²) >= 11 is 0. The van der Waals surface area contributed by atoms with Crippen molar-refractivity contribution >= 4 is 11.6 Å². The van der Waals surface area contributed by atoms with Crippen molar-refractivity contribution in [1.82, 2.24) is 14.9 Å². The molecule has 0 N–H and O–H groups in total. The van der Waals surface area contributed by atoms with E-state index >= 15 is 0 Å². The van der Waals surface area contributed by atoms with Gasteiger partial charge < -0.3 is 9.80 Å². The number of hydrogen-bond acceptors (Lipinski definition) is 4. The minimum atomic E-state index is -0.0121. The van der Waals surface area contributed by atoms with Crippen LogP contribution in [0.25, 0.3) is 0 Å². The number of aryl methyl sites for hydroxylation is 2.